The summed E-state index contributed by atoms with van der Waals surface area (Å²) in [6.07, 6.45) is -7.34. The molecule has 5 N–H and O–H groups in total. The first-order valence-electron chi connectivity index (χ1n) is 6.91. The van der Waals surface area contributed by atoms with Gasteiger partial charge in [-0.3, -0.25) is 10.1 Å². The number of hydrogen-bond donors (Lipinski definition) is 5. The largest absolute Gasteiger partial charge is 0.388 e. The number of aliphatic hydroxyl groups excluding tert-OH is 4. The van der Waals surface area contributed by atoms with Crippen LogP contribution in [0.25, 0.3) is 11.0 Å². The molecule has 1 aliphatic heterocycles. The van der Waals surface area contributed by atoms with E-state index in [0.717, 1.165) is 0 Å². The van der Waals surface area contributed by atoms with Gasteiger partial charge in [-0.2, -0.15) is 0 Å². The van der Waals surface area contributed by atoms with Gasteiger partial charge in [-0.25, -0.2) is 4.63 Å². The Labute approximate surface area is 133 Å². The maximum absolute atomic E-state index is 10.9. The minimum absolute atomic E-state index is 0.0504. The van der Waals surface area contributed by atoms with Crippen molar-refractivity contribution in [2.75, 3.05) is 11.9 Å². The second-order valence-electron chi connectivity index (χ2n) is 5.27. The lowest BCUT2D eigenvalue weighted by molar-refractivity contribution is -0.383. The first kappa shape index (κ1) is 16.5. The molecule has 0 amide bonds. The van der Waals surface area contributed by atoms with Gasteiger partial charge >= 0.3 is 5.69 Å². The molecule has 0 radical (unpaired) electrons. The van der Waals surface area contributed by atoms with E-state index in [-0.39, 0.29) is 23.3 Å². The van der Waals surface area contributed by atoms with Gasteiger partial charge < -0.3 is 30.5 Å². The van der Waals surface area contributed by atoms with E-state index in [2.05, 4.69) is 20.3 Å². The van der Waals surface area contributed by atoms with Gasteiger partial charge in [0.2, 0.25) is 5.52 Å². The van der Waals surface area contributed by atoms with Crippen molar-refractivity contribution in [3.05, 3.63) is 22.2 Å². The third kappa shape index (κ3) is 2.76. The summed E-state index contributed by atoms with van der Waals surface area (Å²) >= 11 is 0. The summed E-state index contributed by atoms with van der Waals surface area (Å²) in [5.74, 6) is 0. The molecule has 2 unspecified atom stereocenters. The Bertz CT molecular complexity index is 752. The number of nitrogens with zero attached hydrogens (tertiary/aromatic N) is 3. The predicted molar refractivity (Wildman–Crippen MR) is 75.8 cm³/mol. The Hall–Kier alpha value is -2.38. The number of anilines is 1. The van der Waals surface area contributed by atoms with Crippen LogP contribution in [0.4, 0.5) is 11.4 Å². The fourth-order valence-corrected chi connectivity index (χ4v) is 2.45. The Kier molecular flexibility index (Phi) is 4.29. The number of ether oxygens (including phenoxy) is 1. The molecule has 12 nitrogen and oxygen atoms in total. The molecule has 1 aromatic carbocycles. The first-order valence-corrected chi connectivity index (χ1v) is 6.91. The summed E-state index contributed by atoms with van der Waals surface area (Å²) < 4.78 is 9.54. The third-order valence-corrected chi connectivity index (χ3v) is 3.77. The van der Waals surface area contributed by atoms with Gasteiger partial charge in [-0.05, 0) is 16.4 Å². The van der Waals surface area contributed by atoms with Crippen LogP contribution >= 0.6 is 0 Å². The monoisotopic (exact) mass is 342 g/mol. The molecule has 0 saturated carbocycles. The van der Waals surface area contributed by atoms with Crippen molar-refractivity contribution < 1.29 is 34.7 Å². The highest BCUT2D eigenvalue weighted by Gasteiger charge is 2.42. The van der Waals surface area contributed by atoms with E-state index in [0.29, 0.717) is 5.69 Å². The first-order chi connectivity index (χ1) is 11.4. The molecule has 24 heavy (non-hydrogen) atoms. The summed E-state index contributed by atoms with van der Waals surface area (Å²) in [5.41, 5.74) is 0.101. The van der Waals surface area contributed by atoms with Gasteiger partial charge in [0.15, 0.2) is 11.8 Å². The molecule has 130 valence electrons. The van der Waals surface area contributed by atoms with Crippen molar-refractivity contribution in [1.82, 2.24) is 10.3 Å². The van der Waals surface area contributed by atoms with Gasteiger partial charge in [-0.15, -0.1) is 0 Å². The zero-order valence-corrected chi connectivity index (χ0v) is 12.0. The molecule has 2 heterocycles. The molecule has 1 fully saturated rings. The molecule has 5 atom stereocenters. The highest BCUT2D eigenvalue weighted by molar-refractivity contribution is 5.93. The van der Waals surface area contributed by atoms with Crippen LogP contribution in [0.15, 0.2) is 16.8 Å². The van der Waals surface area contributed by atoms with E-state index in [1.54, 1.807) is 0 Å². The van der Waals surface area contributed by atoms with E-state index in [1.165, 1.54) is 12.1 Å². The van der Waals surface area contributed by atoms with Gasteiger partial charge in [-0.1, -0.05) is 0 Å². The Morgan fingerprint density at radius 1 is 1.12 bits per heavy atom. The highest BCUT2D eigenvalue weighted by Crippen LogP contribution is 2.29. The van der Waals surface area contributed by atoms with Gasteiger partial charge in [0, 0.05) is 12.6 Å². The van der Waals surface area contributed by atoms with E-state index in [4.69, 9.17) is 4.74 Å². The normalized spacial score (nSPS) is 30.4. The average Bonchev–Trinajstić information content (AvgIpc) is 3.04. The second kappa shape index (κ2) is 6.26. The van der Waals surface area contributed by atoms with Crippen molar-refractivity contribution in [3.63, 3.8) is 0 Å². The molecule has 1 aliphatic rings. The molecule has 0 aliphatic carbocycles. The predicted octanol–water partition coefficient (Wildman–Crippen LogP) is -1.66. The summed E-state index contributed by atoms with van der Waals surface area (Å²) in [7, 11) is 0. The minimum atomic E-state index is -1.65. The summed E-state index contributed by atoms with van der Waals surface area (Å²) in [5, 5.41) is 59.2. The van der Waals surface area contributed by atoms with Crippen molar-refractivity contribution in [2.24, 2.45) is 0 Å². The smallest absolute Gasteiger partial charge is 0.300 e. The molecule has 2 aromatic rings. The van der Waals surface area contributed by atoms with E-state index >= 15 is 0 Å². The Morgan fingerprint density at radius 3 is 2.54 bits per heavy atom. The summed E-state index contributed by atoms with van der Waals surface area (Å²) in [4.78, 5) is 10.3. The maximum atomic E-state index is 10.9. The van der Waals surface area contributed by atoms with E-state index in [9.17, 15) is 30.5 Å². The third-order valence-electron chi connectivity index (χ3n) is 3.77. The molecular formula is C12H14N4O8. The lowest BCUT2D eigenvalue weighted by Gasteiger charge is -2.38. The number of nitrogens with one attached hydrogen (secondary N) is 1. The number of nitro benzene ring substituents is 1. The van der Waals surface area contributed by atoms with Crippen molar-refractivity contribution in [1.29, 1.82) is 0 Å². The van der Waals surface area contributed by atoms with Crippen LogP contribution in [-0.2, 0) is 4.74 Å². The van der Waals surface area contributed by atoms with Crippen molar-refractivity contribution in [3.8, 4) is 0 Å². The fourth-order valence-electron chi connectivity index (χ4n) is 2.45. The number of fused-ring (bicyclic) bond motifs is 1. The standard InChI is InChI=1S/C12H14N4O8/c17-9-6(23-12(20)11(19)10(9)18)3-13-4-1-2-5(16(21)22)8-7(4)14-24-15-8/h1-2,6,9-13,17-20H,3H2/t6?,9-,10-,11?,12-/m1/s1. The topological polar surface area (TPSA) is 184 Å². The number of aliphatic hydroxyl groups is 4. The molecule has 12 heteroatoms. The number of nitro groups is 1. The molecule has 1 saturated heterocycles. The van der Waals surface area contributed by atoms with E-state index < -0.39 is 35.6 Å². The van der Waals surface area contributed by atoms with Gasteiger partial charge in [0.05, 0.1) is 10.6 Å². The van der Waals surface area contributed by atoms with Crippen molar-refractivity contribution >= 4 is 22.4 Å². The SMILES string of the molecule is O=[N+]([O-])c1ccc(NCC2O[C@@H](O)C(O)[C@H](O)[C@@H]2O)c2nonc12. The lowest BCUT2D eigenvalue weighted by atomic mass is 9.99. The maximum Gasteiger partial charge on any atom is 0.300 e. The molecule has 3 rings (SSSR count). The molecular weight excluding hydrogens is 328 g/mol. The van der Waals surface area contributed by atoms with Crippen LogP contribution in [0.3, 0.4) is 0 Å². The quantitative estimate of drug-likeness (QED) is 0.316. The number of non-ortho nitro benzene ring substituents is 1. The van der Waals surface area contributed by atoms with Crippen LogP contribution in [-0.4, -0.2) is 72.9 Å². The summed E-state index contributed by atoms with van der Waals surface area (Å²) in [6.45, 7) is -0.0816. The molecule has 0 bridgehead atoms. The number of aromatic nitrogens is 2. The second-order valence-corrected chi connectivity index (χ2v) is 5.27. The number of hydrogen-bond acceptors (Lipinski definition) is 11. The van der Waals surface area contributed by atoms with Crippen LogP contribution in [0, 0.1) is 10.1 Å². The highest BCUT2D eigenvalue weighted by atomic mass is 16.6. The fraction of sp³-hybridized carbons (Fsp3) is 0.500. The minimum Gasteiger partial charge on any atom is -0.388 e. The van der Waals surface area contributed by atoms with Gasteiger partial charge in [0.25, 0.3) is 0 Å². The molecule has 0 spiro atoms. The van der Waals surface area contributed by atoms with Crippen LogP contribution in [0.5, 0.6) is 0 Å². The Morgan fingerprint density at radius 2 is 1.83 bits per heavy atom. The van der Waals surface area contributed by atoms with Crippen LogP contribution < -0.4 is 5.32 Å². The summed E-state index contributed by atoms with van der Waals surface area (Å²) in [6, 6.07) is 2.59. The molecule has 1 aromatic heterocycles. The number of rotatable bonds is 4. The lowest BCUT2D eigenvalue weighted by Crippen LogP contribution is -2.59. The average molecular weight is 342 g/mol. The number of benzene rings is 1. The zero-order chi connectivity index (χ0) is 17.4. The van der Waals surface area contributed by atoms with Crippen LogP contribution in [0.1, 0.15) is 0 Å². The van der Waals surface area contributed by atoms with Crippen molar-refractivity contribution in [2.45, 2.75) is 30.7 Å². The Balaban J connectivity index is 1.78. The zero-order valence-electron chi connectivity index (χ0n) is 12.0. The van der Waals surface area contributed by atoms with E-state index in [1.807, 2.05) is 0 Å². The van der Waals surface area contributed by atoms with Gasteiger partial charge in [0.1, 0.15) is 24.4 Å². The van der Waals surface area contributed by atoms with Crippen LogP contribution in [0.2, 0.25) is 0 Å².